The molecule has 2 aromatic carbocycles. The molecule has 1 heterocycles. The van der Waals surface area contributed by atoms with Crippen molar-refractivity contribution >= 4 is 5.91 Å². The summed E-state index contributed by atoms with van der Waals surface area (Å²) in [7, 11) is 4.81. The Kier molecular flexibility index (Phi) is 7.12. The first-order chi connectivity index (χ1) is 15.0. The highest BCUT2D eigenvalue weighted by Crippen LogP contribution is 2.31. The summed E-state index contributed by atoms with van der Waals surface area (Å²) < 4.78 is 21.9. The van der Waals surface area contributed by atoms with E-state index < -0.39 is 6.10 Å². The fourth-order valence-corrected chi connectivity index (χ4v) is 3.15. The van der Waals surface area contributed by atoms with Gasteiger partial charge in [0.05, 0.1) is 26.3 Å². The molecule has 0 aliphatic rings. The monoisotopic (exact) mass is 425 g/mol. The van der Waals surface area contributed by atoms with E-state index in [4.69, 9.17) is 18.7 Å². The summed E-state index contributed by atoms with van der Waals surface area (Å²) in [6.45, 7) is 3.94. The molecular weight excluding hydrogens is 398 g/mol. The van der Waals surface area contributed by atoms with Gasteiger partial charge in [0, 0.05) is 13.1 Å². The summed E-state index contributed by atoms with van der Waals surface area (Å²) in [4.78, 5) is 18.7. The smallest absolute Gasteiger partial charge is 0.263 e. The van der Waals surface area contributed by atoms with Crippen molar-refractivity contribution in [3.05, 3.63) is 53.9 Å². The van der Waals surface area contributed by atoms with Crippen LogP contribution in [-0.4, -0.2) is 48.3 Å². The molecule has 1 amide bonds. The number of rotatable bonds is 9. The zero-order valence-electron chi connectivity index (χ0n) is 18.4. The molecule has 0 saturated carbocycles. The Hall–Kier alpha value is -3.55. The molecule has 1 unspecified atom stereocenters. The number of carbonyl (C=O) groups excluding carboxylic acids is 1. The third-order valence-corrected chi connectivity index (χ3v) is 4.87. The SMILES string of the molecule is CCc1ccccc1OC(C)C(=O)N(C)Cc1nc(-c2ccc(OC)cc2OC)no1. The van der Waals surface area contributed by atoms with Crippen molar-refractivity contribution in [2.45, 2.75) is 32.9 Å². The summed E-state index contributed by atoms with van der Waals surface area (Å²) in [6, 6.07) is 13.0. The van der Waals surface area contributed by atoms with Crippen molar-refractivity contribution in [2.24, 2.45) is 0 Å². The molecule has 0 N–H and O–H groups in total. The predicted octanol–water partition coefficient (Wildman–Crippen LogP) is 3.74. The maximum atomic E-state index is 12.8. The van der Waals surface area contributed by atoms with Crippen LogP contribution >= 0.6 is 0 Å². The van der Waals surface area contributed by atoms with Crippen LogP contribution in [0.1, 0.15) is 25.3 Å². The van der Waals surface area contributed by atoms with Gasteiger partial charge in [0.2, 0.25) is 11.7 Å². The zero-order valence-corrected chi connectivity index (χ0v) is 18.4. The molecule has 3 aromatic rings. The number of methoxy groups -OCH3 is 2. The molecule has 0 fully saturated rings. The summed E-state index contributed by atoms with van der Waals surface area (Å²) >= 11 is 0. The van der Waals surface area contributed by atoms with Crippen molar-refractivity contribution < 1.29 is 23.5 Å². The highest BCUT2D eigenvalue weighted by Gasteiger charge is 2.23. The summed E-state index contributed by atoms with van der Waals surface area (Å²) in [6.07, 6.45) is 0.175. The van der Waals surface area contributed by atoms with Gasteiger partial charge in [0.25, 0.3) is 5.91 Å². The van der Waals surface area contributed by atoms with E-state index in [1.54, 1.807) is 46.4 Å². The van der Waals surface area contributed by atoms with Gasteiger partial charge in [-0.3, -0.25) is 4.79 Å². The van der Waals surface area contributed by atoms with Gasteiger partial charge in [-0.1, -0.05) is 30.3 Å². The standard InChI is InChI=1S/C23H27N3O5/c1-6-16-9-7-8-10-19(16)30-15(2)23(27)26(3)14-21-24-22(25-31-21)18-12-11-17(28-4)13-20(18)29-5/h7-13,15H,6,14H2,1-5H3. The number of para-hydroxylation sites is 1. The Balaban J connectivity index is 1.68. The third kappa shape index (κ3) is 5.14. The minimum Gasteiger partial charge on any atom is -0.497 e. The summed E-state index contributed by atoms with van der Waals surface area (Å²) in [5.74, 6) is 2.43. The fraction of sp³-hybridized carbons (Fsp3) is 0.348. The maximum absolute atomic E-state index is 12.8. The van der Waals surface area contributed by atoms with E-state index in [1.165, 1.54) is 4.90 Å². The molecule has 3 rings (SSSR count). The van der Waals surface area contributed by atoms with Crippen LogP contribution in [0.5, 0.6) is 17.2 Å². The number of aryl methyl sites for hydroxylation is 1. The van der Waals surface area contributed by atoms with Crippen LogP contribution in [0.4, 0.5) is 0 Å². The van der Waals surface area contributed by atoms with Crippen LogP contribution in [0.25, 0.3) is 11.4 Å². The van der Waals surface area contributed by atoms with E-state index in [0.717, 1.165) is 12.0 Å². The molecule has 1 atom stereocenters. The number of amides is 1. The molecule has 1 aromatic heterocycles. The van der Waals surface area contributed by atoms with Gasteiger partial charge < -0.3 is 23.6 Å². The van der Waals surface area contributed by atoms with Crippen molar-refractivity contribution in [1.82, 2.24) is 15.0 Å². The van der Waals surface area contributed by atoms with Gasteiger partial charge >= 0.3 is 0 Å². The number of ether oxygens (including phenoxy) is 3. The van der Waals surface area contributed by atoms with Crippen LogP contribution in [-0.2, 0) is 17.8 Å². The molecule has 0 radical (unpaired) electrons. The van der Waals surface area contributed by atoms with Gasteiger partial charge in [-0.2, -0.15) is 4.98 Å². The Morgan fingerprint density at radius 3 is 2.61 bits per heavy atom. The summed E-state index contributed by atoms with van der Waals surface area (Å²) in [5, 5.41) is 4.02. The molecule has 0 bridgehead atoms. The third-order valence-electron chi connectivity index (χ3n) is 4.87. The van der Waals surface area contributed by atoms with Gasteiger partial charge in [0.15, 0.2) is 6.10 Å². The molecule has 0 spiro atoms. The number of hydrogen-bond acceptors (Lipinski definition) is 7. The molecule has 8 heteroatoms. The Bertz CT molecular complexity index is 1030. The van der Waals surface area contributed by atoms with Crippen molar-refractivity contribution in [2.75, 3.05) is 21.3 Å². The molecule has 0 aliphatic carbocycles. The highest BCUT2D eigenvalue weighted by molar-refractivity contribution is 5.80. The maximum Gasteiger partial charge on any atom is 0.263 e. The number of likely N-dealkylation sites (N-methyl/N-ethyl adjacent to an activating group) is 1. The van der Waals surface area contributed by atoms with Gasteiger partial charge in [0.1, 0.15) is 17.2 Å². The highest BCUT2D eigenvalue weighted by atomic mass is 16.5. The van der Waals surface area contributed by atoms with Crippen molar-refractivity contribution in [1.29, 1.82) is 0 Å². The van der Waals surface area contributed by atoms with Gasteiger partial charge in [-0.15, -0.1) is 0 Å². The largest absolute Gasteiger partial charge is 0.497 e. The zero-order chi connectivity index (χ0) is 22.4. The molecule has 0 aliphatic heterocycles. The lowest BCUT2D eigenvalue weighted by molar-refractivity contribution is -0.137. The first-order valence-electron chi connectivity index (χ1n) is 10.0. The second-order valence-corrected chi connectivity index (χ2v) is 6.99. The van der Waals surface area contributed by atoms with Gasteiger partial charge in [-0.25, -0.2) is 0 Å². The van der Waals surface area contributed by atoms with Crippen LogP contribution in [0, 0.1) is 0 Å². The minimum atomic E-state index is -0.651. The average Bonchev–Trinajstić information content (AvgIpc) is 3.26. The fourth-order valence-electron chi connectivity index (χ4n) is 3.15. The lowest BCUT2D eigenvalue weighted by Gasteiger charge is -2.21. The predicted molar refractivity (Wildman–Crippen MR) is 115 cm³/mol. The quantitative estimate of drug-likeness (QED) is 0.516. The van der Waals surface area contributed by atoms with Crippen molar-refractivity contribution in [3.63, 3.8) is 0 Å². The number of aromatic nitrogens is 2. The van der Waals surface area contributed by atoms with Gasteiger partial charge in [-0.05, 0) is 37.1 Å². The first kappa shape index (κ1) is 22.1. The minimum absolute atomic E-state index is 0.160. The van der Waals surface area contributed by atoms with E-state index in [2.05, 4.69) is 10.1 Å². The lowest BCUT2D eigenvalue weighted by atomic mass is 10.1. The second kappa shape index (κ2) is 9.97. The summed E-state index contributed by atoms with van der Waals surface area (Å²) in [5.41, 5.74) is 1.72. The van der Waals surface area contributed by atoms with E-state index in [-0.39, 0.29) is 12.5 Å². The van der Waals surface area contributed by atoms with Crippen LogP contribution in [0.15, 0.2) is 47.0 Å². The van der Waals surface area contributed by atoms with E-state index in [0.29, 0.717) is 34.5 Å². The average molecular weight is 425 g/mol. The Labute approximate surface area is 181 Å². The molecule has 8 nitrogen and oxygen atoms in total. The molecule has 0 saturated heterocycles. The molecule has 164 valence electrons. The lowest BCUT2D eigenvalue weighted by Crippen LogP contribution is -2.37. The van der Waals surface area contributed by atoms with Crippen LogP contribution in [0.2, 0.25) is 0 Å². The number of carbonyl (C=O) groups is 1. The van der Waals surface area contributed by atoms with E-state index in [9.17, 15) is 4.79 Å². The molecular formula is C23H27N3O5. The Morgan fingerprint density at radius 2 is 1.90 bits per heavy atom. The van der Waals surface area contributed by atoms with E-state index in [1.807, 2.05) is 31.2 Å². The van der Waals surface area contributed by atoms with Crippen molar-refractivity contribution in [3.8, 4) is 28.6 Å². The first-order valence-corrected chi connectivity index (χ1v) is 10.0. The second-order valence-electron chi connectivity index (χ2n) is 6.99. The van der Waals surface area contributed by atoms with Crippen LogP contribution in [0.3, 0.4) is 0 Å². The normalized spacial score (nSPS) is 11.6. The Morgan fingerprint density at radius 1 is 1.13 bits per heavy atom. The molecule has 31 heavy (non-hydrogen) atoms. The number of nitrogens with zero attached hydrogens (tertiary/aromatic N) is 3. The topological polar surface area (TPSA) is 86.9 Å². The number of hydrogen-bond donors (Lipinski definition) is 0. The number of benzene rings is 2. The van der Waals surface area contributed by atoms with Crippen LogP contribution < -0.4 is 14.2 Å². The van der Waals surface area contributed by atoms with E-state index >= 15 is 0 Å².